The van der Waals surface area contributed by atoms with E-state index in [9.17, 15) is 12.8 Å². The van der Waals surface area contributed by atoms with Crippen molar-refractivity contribution in [1.82, 2.24) is 19.7 Å². The first-order valence-corrected chi connectivity index (χ1v) is 12.3. The van der Waals surface area contributed by atoms with E-state index in [4.69, 9.17) is 0 Å². The van der Waals surface area contributed by atoms with E-state index in [0.29, 0.717) is 18.0 Å². The molecule has 0 saturated heterocycles. The number of H-pyrrole nitrogens is 1. The van der Waals surface area contributed by atoms with Gasteiger partial charge in [-0.25, -0.2) is 27.5 Å². The van der Waals surface area contributed by atoms with Gasteiger partial charge in [-0.05, 0) is 55.7 Å². The highest BCUT2D eigenvalue weighted by Gasteiger charge is 2.28. The molecule has 1 aliphatic rings. The fourth-order valence-electron chi connectivity index (χ4n) is 4.42. The van der Waals surface area contributed by atoms with Crippen molar-refractivity contribution in [2.45, 2.75) is 38.1 Å². The van der Waals surface area contributed by atoms with Gasteiger partial charge < -0.3 is 9.88 Å². The highest BCUT2D eigenvalue weighted by molar-refractivity contribution is 7.89. The Bertz CT molecular complexity index is 1130. The highest BCUT2D eigenvalue weighted by Crippen LogP contribution is 2.31. The van der Waals surface area contributed by atoms with E-state index in [0.717, 1.165) is 42.5 Å². The van der Waals surface area contributed by atoms with Gasteiger partial charge in [0.1, 0.15) is 23.6 Å². The fraction of sp³-hybridized carbons (Fsp3) is 0.455. The maximum atomic E-state index is 13.7. The van der Waals surface area contributed by atoms with Gasteiger partial charge in [-0.15, -0.1) is 0 Å². The van der Waals surface area contributed by atoms with Crippen molar-refractivity contribution < 1.29 is 12.8 Å². The van der Waals surface area contributed by atoms with E-state index < -0.39 is 10.0 Å². The summed E-state index contributed by atoms with van der Waals surface area (Å²) in [6, 6.07) is 8.75. The van der Waals surface area contributed by atoms with Crippen LogP contribution in [0, 0.1) is 11.7 Å². The van der Waals surface area contributed by atoms with Crippen LogP contribution in [0.25, 0.3) is 11.0 Å². The minimum absolute atomic E-state index is 0.121. The van der Waals surface area contributed by atoms with Crippen LogP contribution in [-0.2, 0) is 16.4 Å². The molecule has 1 aliphatic carbocycles. The van der Waals surface area contributed by atoms with Crippen LogP contribution in [0.4, 0.5) is 10.2 Å². The topological polar surface area (TPSA) is 91.0 Å². The van der Waals surface area contributed by atoms with Crippen LogP contribution >= 0.6 is 0 Å². The molecule has 9 heteroatoms. The lowest BCUT2D eigenvalue weighted by molar-refractivity contribution is 0.340. The first-order chi connectivity index (χ1) is 14.9. The number of anilines is 1. The Hall–Kier alpha value is -2.52. The molecule has 0 aliphatic heterocycles. The SMILES string of the molecule is CN(c1ncnc2[nH]ccc12)[C@H]1CC[C@H](CS(=O)(=O)NCCc2ccccc2F)CC1. The molecule has 0 unspecified atom stereocenters. The Kier molecular flexibility index (Phi) is 6.52. The number of benzene rings is 1. The number of nitrogens with zero attached hydrogens (tertiary/aromatic N) is 3. The molecule has 0 amide bonds. The van der Waals surface area contributed by atoms with Crippen molar-refractivity contribution in [3.63, 3.8) is 0 Å². The van der Waals surface area contributed by atoms with Crippen LogP contribution in [0.3, 0.4) is 0 Å². The van der Waals surface area contributed by atoms with E-state index in [1.807, 2.05) is 19.3 Å². The van der Waals surface area contributed by atoms with Crippen LogP contribution in [0.15, 0.2) is 42.9 Å². The molecule has 2 N–H and O–H groups in total. The van der Waals surface area contributed by atoms with Gasteiger partial charge in [0.15, 0.2) is 0 Å². The molecule has 0 spiro atoms. The summed E-state index contributed by atoms with van der Waals surface area (Å²) in [6.07, 6.45) is 7.31. The zero-order valence-corrected chi connectivity index (χ0v) is 18.4. The normalized spacial score (nSPS) is 19.5. The lowest BCUT2D eigenvalue weighted by Crippen LogP contribution is -2.38. The molecule has 0 bridgehead atoms. The van der Waals surface area contributed by atoms with Gasteiger partial charge in [-0.3, -0.25) is 0 Å². The summed E-state index contributed by atoms with van der Waals surface area (Å²) >= 11 is 0. The van der Waals surface area contributed by atoms with E-state index in [-0.39, 0.29) is 24.0 Å². The number of rotatable bonds is 8. The molecule has 1 aromatic carbocycles. The third-order valence-corrected chi connectivity index (χ3v) is 7.71. The molecule has 1 fully saturated rings. The van der Waals surface area contributed by atoms with Gasteiger partial charge >= 0.3 is 0 Å². The second kappa shape index (κ2) is 9.32. The number of aromatic nitrogens is 3. The average molecular weight is 446 g/mol. The largest absolute Gasteiger partial charge is 0.356 e. The summed E-state index contributed by atoms with van der Waals surface area (Å²) in [5, 5.41) is 0.994. The van der Waals surface area contributed by atoms with Crippen molar-refractivity contribution >= 4 is 26.9 Å². The Morgan fingerprint density at radius 1 is 1.16 bits per heavy atom. The van der Waals surface area contributed by atoms with Crippen LogP contribution in [0.1, 0.15) is 31.2 Å². The predicted molar refractivity (Wildman–Crippen MR) is 120 cm³/mol. The zero-order chi connectivity index (χ0) is 21.8. The molecular formula is C22H28FN5O2S. The number of aromatic amines is 1. The lowest BCUT2D eigenvalue weighted by atomic mass is 9.86. The highest BCUT2D eigenvalue weighted by atomic mass is 32.2. The zero-order valence-electron chi connectivity index (χ0n) is 17.6. The second-order valence-electron chi connectivity index (χ2n) is 8.24. The molecule has 7 nitrogen and oxygen atoms in total. The number of hydrogen-bond acceptors (Lipinski definition) is 5. The fourth-order valence-corrected chi connectivity index (χ4v) is 5.91. The van der Waals surface area contributed by atoms with Crippen molar-refractivity contribution in [2.24, 2.45) is 5.92 Å². The molecule has 3 aromatic rings. The van der Waals surface area contributed by atoms with Crippen LogP contribution in [-0.4, -0.2) is 48.8 Å². The van der Waals surface area contributed by atoms with Crippen LogP contribution in [0.2, 0.25) is 0 Å². The molecule has 166 valence electrons. The van der Waals surface area contributed by atoms with Gasteiger partial charge in [0, 0.05) is 25.8 Å². The summed E-state index contributed by atoms with van der Waals surface area (Å²) in [5.41, 5.74) is 1.34. The summed E-state index contributed by atoms with van der Waals surface area (Å²) < 4.78 is 41.3. The van der Waals surface area contributed by atoms with Crippen molar-refractivity contribution in [1.29, 1.82) is 0 Å². The van der Waals surface area contributed by atoms with Gasteiger partial charge in [-0.1, -0.05) is 18.2 Å². The smallest absolute Gasteiger partial charge is 0.211 e. The van der Waals surface area contributed by atoms with Crippen molar-refractivity contribution in [2.75, 3.05) is 24.2 Å². The number of fused-ring (bicyclic) bond motifs is 1. The Labute approximate surface area is 182 Å². The Morgan fingerprint density at radius 3 is 2.71 bits per heavy atom. The molecule has 4 rings (SSSR count). The van der Waals surface area contributed by atoms with Crippen LogP contribution < -0.4 is 9.62 Å². The third-order valence-electron chi connectivity index (χ3n) is 6.16. The number of halogens is 1. The Balaban J connectivity index is 1.27. The summed E-state index contributed by atoms with van der Waals surface area (Å²) in [5.74, 6) is 0.853. The number of hydrogen-bond donors (Lipinski definition) is 2. The van der Waals surface area contributed by atoms with Crippen molar-refractivity contribution in [3.05, 3.63) is 54.2 Å². The summed E-state index contributed by atoms with van der Waals surface area (Å²) in [7, 11) is -1.34. The average Bonchev–Trinajstić information content (AvgIpc) is 3.24. The standard InChI is InChI=1S/C22H28FN5O2S/c1-28(22-19-11-12-24-21(19)25-15-26-22)18-8-6-16(7-9-18)14-31(29,30)27-13-10-17-4-2-3-5-20(17)23/h2-5,11-12,15-16,18,27H,6-10,13-14H2,1H3,(H,24,25,26)/t16-,18-. The third kappa shape index (κ3) is 5.22. The molecule has 2 aromatic heterocycles. The minimum atomic E-state index is -3.39. The van der Waals surface area contributed by atoms with E-state index in [1.165, 1.54) is 6.07 Å². The van der Waals surface area contributed by atoms with Gasteiger partial charge in [-0.2, -0.15) is 0 Å². The van der Waals surface area contributed by atoms with E-state index in [2.05, 4.69) is 24.6 Å². The molecule has 31 heavy (non-hydrogen) atoms. The Morgan fingerprint density at radius 2 is 1.94 bits per heavy atom. The maximum absolute atomic E-state index is 13.7. The quantitative estimate of drug-likeness (QED) is 0.555. The lowest BCUT2D eigenvalue weighted by Gasteiger charge is -2.35. The monoisotopic (exact) mass is 445 g/mol. The maximum Gasteiger partial charge on any atom is 0.211 e. The molecular weight excluding hydrogens is 417 g/mol. The molecule has 2 heterocycles. The number of nitrogens with one attached hydrogen (secondary N) is 2. The predicted octanol–water partition coefficient (Wildman–Crippen LogP) is 3.25. The summed E-state index contributed by atoms with van der Waals surface area (Å²) in [6.45, 7) is 0.210. The first-order valence-electron chi connectivity index (χ1n) is 10.6. The second-order valence-corrected chi connectivity index (χ2v) is 10.1. The first kappa shape index (κ1) is 21.7. The van der Waals surface area contributed by atoms with E-state index in [1.54, 1.807) is 24.5 Å². The molecule has 0 radical (unpaired) electrons. The summed E-state index contributed by atoms with van der Waals surface area (Å²) in [4.78, 5) is 14.0. The van der Waals surface area contributed by atoms with Gasteiger partial charge in [0.2, 0.25) is 10.0 Å². The van der Waals surface area contributed by atoms with Gasteiger partial charge in [0.05, 0.1) is 11.1 Å². The van der Waals surface area contributed by atoms with Crippen LogP contribution in [0.5, 0.6) is 0 Å². The number of sulfonamides is 1. The molecule has 1 saturated carbocycles. The van der Waals surface area contributed by atoms with Crippen molar-refractivity contribution in [3.8, 4) is 0 Å². The van der Waals surface area contributed by atoms with E-state index >= 15 is 0 Å². The van der Waals surface area contributed by atoms with Gasteiger partial charge in [0.25, 0.3) is 0 Å². The minimum Gasteiger partial charge on any atom is -0.356 e. The molecule has 0 atom stereocenters.